The van der Waals surface area contributed by atoms with Crippen molar-refractivity contribution in [1.29, 1.82) is 0 Å². The molecule has 0 atom stereocenters. The summed E-state index contributed by atoms with van der Waals surface area (Å²) in [6, 6.07) is 16.0. The van der Waals surface area contributed by atoms with Crippen LogP contribution in [-0.2, 0) is 0 Å². The molecule has 0 aliphatic carbocycles. The Bertz CT molecular complexity index is 854. The zero-order valence-electron chi connectivity index (χ0n) is 12.5. The lowest BCUT2D eigenvalue weighted by atomic mass is 10.2. The summed E-state index contributed by atoms with van der Waals surface area (Å²) in [5, 5.41) is 3.46. The monoisotopic (exact) mass is 326 g/mol. The molecule has 1 heterocycles. The highest BCUT2D eigenvalue weighted by atomic mass is 35.5. The molecule has 3 N–H and O–H groups in total. The Morgan fingerprint density at radius 2 is 1.83 bits per heavy atom. The van der Waals surface area contributed by atoms with E-state index in [0.717, 1.165) is 11.1 Å². The van der Waals surface area contributed by atoms with E-state index in [1.807, 2.05) is 25.1 Å². The van der Waals surface area contributed by atoms with Crippen LogP contribution in [0.3, 0.4) is 0 Å². The number of nitrogens with two attached hydrogens (primary N) is 1. The van der Waals surface area contributed by atoms with E-state index in [4.69, 9.17) is 21.8 Å². The predicted octanol–water partition coefficient (Wildman–Crippen LogP) is 4.74. The van der Waals surface area contributed by atoms with Crippen LogP contribution < -0.4 is 11.1 Å². The topological polar surface area (TPSA) is 68.3 Å². The minimum Gasteiger partial charge on any atom is -0.451 e. The Morgan fingerprint density at radius 1 is 1.09 bits per heavy atom. The first kappa shape index (κ1) is 15.2. The van der Waals surface area contributed by atoms with E-state index in [9.17, 15) is 4.79 Å². The zero-order chi connectivity index (χ0) is 16.4. The molecular weight excluding hydrogens is 312 g/mol. The number of aryl methyl sites for hydroxylation is 1. The van der Waals surface area contributed by atoms with Crippen LogP contribution in [0, 0.1) is 6.92 Å². The number of anilines is 2. The first-order valence-electron chi connectivity index (χ1n) is 7.06. The van der Waals surface area contributed by atoms with Gasteiger partial charge in [0.25, 0.3) is 5.91 Å². The number of nitrogens with one attached hydrogen (secondary N) is 1. The number of amides is 1. The summed E-state index contributed by atoms with van der Waals surface area (Å²) < 4.78 is 5.63. The molecule has 0 unspecified atom stereocenters. The van der Waals surface area contributed by atoms with Gasteiger partial charge in [-0.25, -0.2) is 0 Å². The van der Waals surface area contributed by atoms with Crippen molar-refractivity contribution in [3.63, 3.8) is 0 Å². The Hall–Kier alpha value is -2.72. The highest BCUT2D eigenvalue weighted by molar-refractivity contribution is 6.30. The van der Waals surface area contributed by atoms with E-state index in [1.165, 1.54) is 0 Å². The molecule has 0 radical (unpaired) electrons. The molecular formula is C18H15ClN2O2. The average Bonchev–Trinajstić information content (AvgIpc) is 3.02. The number of hydrogen-bond donors (Lipinski definition) is 2. The summed E-state index contributed by atoms with van der Waals surface area (Å²) in [6.07, 6.45) is 0. The minimum atomic E-state index is -0.320. The average molecular weight is 327 g/mol. The number of carbonyl (C=O) groups is 1. The second-order valence-corrected chi connectivity index (χ2v) is 5.64. The van der Waals surface area contributed by atoms with Crippen LogP contribution in [0.5, 0.6) is 0 Å². The molecule has 0 fully saturated rings. The van der Waals surface area contributed by atoms with E-state index in [0.29, 0.717) is 22.2 Å². The molecule has 0 aliphatic rings. The molecule has 2 aromatic carbocycles. The molecule has 4 nitrogen and oxygen atoms in total. The number of benzene rings is 2. The summed E-state index contributed by atoms with van der Waals surface area (Å²) in [7, 11) is 0. The van der Waals surface area contributed by atoms with E-state index in [1.54, 1.807) is 36.4 Å². The van der Waals surface area contributed by atoms with Gasteiger partial charge in [0, 0.05) is 22.0 Å². The standard InChI is InChI=1S/C18H15ClN2O2/c1-11-2-7-14(20)10-15(11)21-18(22)17-9-8-16(23-17)12-3-5-13(19)6-4-12/h2-10H,20H2,1H3,(H,21,22). The summed E-state index contributed by atoms with van der Waals surface area (Å²) in [5.41, 5.74) is 8.79. The maximum atomic E-state index is 12.3. The van der Waals surface area contributed by atoms with Crippen molar-refractivity contribution in [2.75, 3.05) is 11.1 Å². The van der Waals surface area contributed by atoms with E-state index in [2.05, 4.69) is 5.32 Å². The smallest absolute Gasteiger partial charge is 0.291 e. The summed E-state index contributed by atoms with van der Waals surface area (Å²) in [4.78, 5) is 12.3. The summed E-state index contributed by atoms with van der Waals surface area (Å²) >= 11 is 5.87. The van der Waals surface area contributed by atoms with Gasteiger partial charge in [-0.15, -0.1) is 0 Å². The van der Waals surface area contributed by atoms with E-state index in [-0.39, 0.29) is 11.7 Å². The second kappa shape index (κ2) is 6.18. The van der Waals surface area contributed by atoms with Gasteiger partial charge in [0.15, 0.2) is 5.76 Å². The second-order valence-electron chi connectivity index (χ2n) is 5.20. The van der Waals surface area contributed by atoms with Crippen LogP contribution in [0.25, 0.3) is 11.3 Å². The van der Waals surface area contributed by atoms with Gasteiger partial charge in [0.1, 0.15) is 5.76 Å². The Balaban J connectivity index is 1.81. The van der Waals surface area contributed by atoms with Crippen molar-refractivity contribution < 1.29 is 9.21 Å². The number of rotatable bonds is 3. The van der Waals surface area contributed by atoms with E-state index < -0.39 is 0 Å². The third-order valence-corrected chi connectivity index (χ3v) is 3.72. The molecule has 3 rings (SSSR count). The van der Waals surface area contributed by atoms with Gasteiger partial charge in [-0.1, -0.05) is 17.7 Å². The third-order valence-electron chi connectivity index (χ3n) is 3.47. The van der Waals surface area contributed by atoms with Crippen molar-refractivity contribution in [3.05, 3.63) is 70.9 Å². The third kappa shape index (κ3) is 3.38. The van der Waals surface area contributed by atoms with Gasteiger partial charge in [-0.2, -0.15) is 0 Å². The molecule has 0 bridgehead atoms. The van der Waals surface area contributed by atoms with Gasteiger partial charge in [0.2, 0.25) is 0 Å². The lowest BCUT2D eigenvalue weighted by molar-refractivity contribution is 0.0997. The number of furan rings is 1. The normalized spacial score (nSPS) is 10.5. The predicted molar refractivity (Wildman–Crippen MR) is 92.7 cm³/mol. The Kier molecular flexibility index (Phi) is 4.08. The number of halogens is 1. The minimum absolute atomic E-state index is 0.233. The lowest BCUT2D eigenvalue weighted by Crippen LogP contribution is -2.12. The molecule has 0 aliphatic heterocycles. The highest BCUT2D eigenvalue weighted by Crippen LogP contribution is 2.25. The van der Waals surface area contributed by atoms with Crippen LogP contribution in [-0.4, -0.2) is 5.91 Å². The van der Waals surface area contributed by atoms with Gasteiger partial charge < -0.3 is 15.5 Å². The molecule has 0 saturated carbocycles. The molecule has 116 valence electrons. The maximum absolute atomic E-state index is 12.3. The van der Waals surface area contributed by atoms with Crippen molar-refractivity contribution >= 4 is 28.9 Å². The largest absolute Gasteiger partial charge is 0.451 e. The summed E-state index contributed by atoms with van der Waals surface area (Å²) in [5.74, 6) is 0.520. The van der Waals surface area contributed by atoms with Crippen molar-refractivity contribution in [2.24, 2.45) is 0 Å². The van der Waals surface area contributed by atoms with E-state index >= 15 is 0 Å². The van der Waals surface area contributed by atoms with Crippen LogP contribution in [0.4, 0.5) is 11.4 Å². The SMILES string of the molecule is Cc1ccc(N)cc1NC(=O)c1ccc(-c2ccc(Cl)cc2)o1. The maximum Gasteiger partial charge on any atom is 0.291 e. The van der Waals surface area contributed by atoms with Gasteiger partial charge in [-0.3, -0.25) is 4.79 Å². The number of nitrogen functional groups attached to an aromatic ring is 1. The number of carbonyl (C=O) groups excluding carboxylic acids is 1. The van der Waals surface area contributed by atoms with Crippen molar-refractivity contribution in [1.82, 2.24) is 0 Å². The first-order valence-corrected chi connectivity index (χ1v) is 7.44. The Morgan fingerprint density at radius 3 is 2.57 bits per heavy atom. The fourth-order valence-corrected chi connectivity index (χ4v) is 2.31. The first-order chi connectivity index (χ1) is 11.0. The molecule has 5 heteroatoms. The van der Waals surface area contributed by atoms with Crippen LogP contribution in [0.2, 0.25) is 5.02 Å². The number of hydrogen-bond acceptors (Lipinski definition) is 3. The van der Waals surface area contributed by atoms with Crippen LogP contribution in [0.1, 0.15) is 16.1 Å². The molecule has 3 aromatic rings. The highest BCUT2D eigenvalue weighted by Gasteiger charge is 2.13. The van der Waals surface area contributed by atoms with Crippen LogP contribution >= 0.6 is 11.6 Å². The quantitative estimate of drug-likeness (QED) is 0.683. The fourth-order valence-electron chi connectivity index (χ4n) is 2.19. The summed E-state index contributed by atoms with van der Waals surface area (Å²) in [6.45, 7) is 1.90. The molecule has 1 aromatic heterocycles. The van der Waals surface area contributed by atoms with Crippen molar-refractivity contribution in [3.8, 4) is 11.3 Å². The molecule has 23 heavy (non-hydrogen) atoms. The lowest BCUT2D eigenvalue weighted by Gasteiger charge is -2.07. The van der Waals surface area contributed by atoms with Gasteiger partial charge in [-0.05, 0) is 61.0 Å². The van der Waals surface area contributed by atoms with Crippen LogP contribution in [0.15, 0.2) is 59.0 Å². The zero-order valence-corrected chi connectivity index (χ0v) is 13.2. The Labute approximate surface area is 138 Å². The van der Waals surface area contributed by atoms with Gasteiger partial charge in [0.05, 0.1) is 0 Å². The molecule has 0 saturated heterocycles. The molecule has 1 amide bonds. The van der Waals surface area contributed by atoms with Gasteiger partial charge >= 0.3 is 0 Å². The van der Waals surface area contributed by atoms with Crippen molar-refractivity contribution in [2.45, 2.75) is 6.92 Å². The fraction of sp³-hybridized carbons (Fsp3) is 0.0556. The molecule has 0 spiro atoms.